The number of nitrogens with zero attached hydrogens (tertiary/aromatic N) is 1. The third-order valence-corrected chi connectivity index (χ3v) is 5.62. The molecule has 1 aromatic heterocycles. The summed E-state index contributed by atoms with van der Waals surface area (Å²) in [6.45, 7) is 0. The molecule has 0 aliphatic carbocycles. The lowest BCUT2D eigenvalue weighted by Gasteiger charge is -2.12. The fourth-order valence-corrected chi connectivity index (χ4v) is 4.03. The lowest BCUT2D eigenvalue weighted by molar-refractivity contribution is -0.412. The summed E-state index contributed by atoms with van der Waals surface area (Å²) in [4.78, 5) is 5.83. The van der Waals surface area contributed by atoms with Crippen molar-refractivity contribution in [1.29, 1.82) is 0 Å². The number of aromatic nitrogens is 1. The van der Waals surface area contributed by atoms with Crippen LogP contribution >= 0.6 is 0 Å². The first-order chi connectivity index (χ1) is 14.3. The summed E-state index contributed by atoms with van der Waals surface area (Å²) < 4.78 is 55.2. The van der Waals surface area contributed by atoms with Crippen molar-refractivity contribution in [3.63, 3.8) is 0 Å². The maximum absolute atomic E-state index is 13.9. The number of halogens is 2. The summed E-state index contributed by atoms with van der Waals surface area (Å²) in [5.74, 6) is -2.35. The van der Waals surface area contributed by atoms with Crippen molar-refractivity contribution in [3.8, 4) is 0 Å². The first kappa shape index (κ1) is 21.1. The average Bonchev–Trinajstić information content (AvgIpc) is 2.71. The van der Waals surface area contributed by atoms with E-state index in [4.69, 9.17) is 5.73 Å². The first-order valence-electron chi connectivity index (χ1n) is 8.81. The van der Waals surface area contributed by atoms with E-state index in [1.54, 1.807) is 49.9 Å². The Kier molecular flexibility index (Phi) is 6.22. The van der Waals surface area contributed by atoms with E-state index in [0.29, 0.717) is 16.8 Å². The minimum absolute atomic E-state index is 0.125. The van der Waals surface area contributed by atoms with Gasteiger partial charge in [0.25, 0.3) is 10.0 Å². The van der Waals surface area contributed by atoms with Gasteiger partial charge in [0.05, 0.1) is 11.3 Å². The zero-order valence-electron chi connectivity index (χ0n) is 15.9. The minimum atomic E-state index is -4.48. The molecule has 0 saturated carbocycles. The summed E-state index contributed by atoms with van der Waals surface area (Å²) >= 11 is 0. The molecule has 2 aromatic carbocycles. The maximum atomic E-state index is 13.9. The highest BCUT2D eigenvalue weighted by Crippen LogP contribution is 2.26. The molecule has 3 rings (SSSR count). The molecule has 0 unspecified atom stereocenters. The van der Waals surface area contributed by atoms with Gasteiger partial charge in [-0.2, -0.15) is 0 Å². The van der Waals surface area contributed by atoms with Crippen molar-refractivity contribution in [2.45, 2.75) is 4.90 Å². The summed E-state index contributed by atoms with van der Waals surface area (Å²) in [6.07, 6.45) is 4.87. The molecule has 3 aromatic rings. The number of pyridine rings is 1. The van der Waals surface area contributed by atoms with E-state index in [-0.39, 0.29) is 5.69 Å². The number of allylic oxidation sites excluding steroid dienone is 1. The molecule has 0 amide bonds. The van der Waals surface area contributed by atoms with Gasteiger partial charge in [-0.3, -0.25) is 14.7 Å². The van der Waals surface area contributed by atoms with Crippen LogP contribution in [0.15, 0.2) is 71.9 Å². The fraction of sp³-hybridized carbons (Fsp3) is 0.0476. The summed E-state index contributed by atoms with van der Waals surface area (Å²) in [5, 5.41) is 0. The molecule has 0 saturated heterocycles. The van der Waals surface area contributed by atoms with Gasteiger partial charge in [-0.05, 0) is 42.0 Å². The van der Waals surface area contributed by atoms with Crippen molar-refractivity contribution in [2.75, 3.05) is 11.8 Å². The molecular weight excluding hydrogens is 410 g/mol. The molecule has 0 aliphatic heterocycles. The Morgan fingerprint density at radius 3 is 2.30 bits per heavy atom. The monoisotopic (exact) mass is 429 g/mol. The average molecular weight is 429 g/mol. The Labute approximate surface area is 172 Å². The second-order valence-electron chi connectivity index (χ2n) is 6.23. The van der Waals surface area contributed by atoms with E-state index in [1.165, 1.54) is 12.1 Å². The number of sulfonamides is 1. The van der Waals surface area contributed by atoms with E-state index >= 15 is 0 Å². The third kappa shape index (κ3) is 4.52. The van der Waals surface area contributed by atoms with E-state index in [1.807, 2.05) is 0 Å². The van der Waals surface area contributed by atoms with Gasteiger partial charge < -0.3 is 5.73 Å². The molecule has 0 fully saturated rings. The number of hydrogen-bond acceptors (Lipinski definition) is 4. The second kappa shape index (κ2) is 8.83. The fourth-order valence-electron chi connectivity index (χ4n) is 2.84. The predicted molar refractivity (Wildman–Crippen MR) is 112 cm³/mol. The Bertz CT molecular complexity index is 1210. The van der Waals surface area contributed by atoms with E-state index in [2.05, 4.69) is 14.7 Å². The van der Waals surface area contributed by atoms with Crippen LogP contribution in [0.25, 0.3) is 11.3 Å². The van der Waals surface area contributed by atoms with Crippen LogP contribution in [-0.2, 0) is 10.0 Å². The van der Waals surface area contributed by atoms with Gasteiger partial charge in [-0.15, -0.1) is 0 Å². The molecule has 4 N–H and O–H groups in total. The molecular formula is C21H19F2N4O2S+. The van der Waals surface area contributed by atoms with Gasteiger partial charge in [0.15, 0.2) is 11.1 Å². The summed E-state index contributed by atoms with van der Waals surface area (Å²) in [7, 11) is -2.78. The van der Waals surface area contributed by atoms with Crippen LogP contribution in [0.5, 0.6) is 0 Å². The summed E-state index contributed by atoms with van der Waals surface area (Å²) in [6, 6.07) is 12.7. The molecule has 9 heteroatoms. The zero-order valence-corrected chi connectivity index (χ0v) is 16.7. The number of nitrogens with two attached hydrogens (primary N) is 1. The maximum Gasteiger partial charge on any atom is 0.267 e. The van der Waals surface area contributed by atoms with Crippen LogP contribution < -0.4 is 15.4 Å². The van der Waals surface area contributed by atoms with Crippen LogP contribution in [0.1, 0.15) is 11.1 Å². The van der Waals surface area contributed by atoms with Crippen molar-refractivity contribution in [2.24, 2.45) is 5.73 Å². The molecule has 0 bridgehead atoms. The van der Waals surface area contributed by atoms with Crippen LogP contribution in [0.4, 0.5) is 14.5 Å². The molecule has 0 spiro atoms. The highest BCUT2D eigenvalue weighted by atomic mass is 32.2. The van der Waals surface area contributed by atoms with Gasteiger partial charge in [0, 0.05) is 23.6 Å². The second-order valence-corrected chi connectivity index (χ2v) is 7.85. The molecule has 154 valence electrons. The summed E-state index contributed by atoms with van der Waals surface area (Å²) in [5.41, 5.74) is 8.79. The van der Waals surface area contributed by atoms with Crippen LogP contribution in [0.3, 0.4) is 0 Å². The molecule has 1 heterocycles. The first-order valence-corrected chi connectivity index (χ1v) is 10.3. The van der Waals surface area contributed by atoms with Gasteiger partial charge in [-0.1, -0.05) is 18.2 Å². The molecule has 6 nitrogen and oxygen atoms in total. The quantitative estimate of drug-likeness (QED) is 0.520. The Balaban J connectivity index is 2.03. The lowest BCUT2D eigenvalue weighted by atomic mass is 10.0. The third-order valence-electron chi connectivity index (χ3n) is 4.18. The van der Waals surface area contributed by atoms with Gasteiger partial charge >= 0.3 is 0 Å². The smallest absolute Gasteiger partial charge is 0.267 e. The van der Waals surface area contributed by atoms with Crippen molar-refractivity contribution < 1.29 is 22.2 Å². The largest absolute Gasteiger partial charge is 0.398 e. The topological polar surface area (TPSA) is 99.0 Å². The Morgan fingerprint density at radius 2 is 1.67 bits per heavy atom. The number of benzene rings is 2. The standard InChI is InChI=1S/C21H18F2N4O2S/c1-25-13-17(20(24)14-8-10-26-11-9-14)15-4-2-5-16(12-15)27-30(28,29)21-18(22)6-3-7-19(21)23/h2-13,27H,24H2,1H3/p+1. The highest BCUT2D eigenvalue weighted by Gasteiger charge is 2.24. The Hall–Kier alpha value is -3.59. The van der Waals surface area contributed by atoms with Crippen molar-refractivity contribution in [3.05, 3.63) is 89.8 Å². The molecule has 0 radical (unpaired) electrons. The normalized spacial score (nSPS) is 12.6. The number of rotatable bonds is 6. The molecule has 0 aliphatic rings. The van der Waals surface area contributed by atoms with Crippen molar-refractivity contribution >= 4 is 33.2 Å². The minimum Gasteiger partial charge on any atom is -0.398 e. The molecule has 30 heavy (non-hydrogen) atoms. The number of hydrogen-bond donors (Lipinski definition) is 3. The number of anilines is 1. The predicted octanol–water partition coefficient (Wildman–Crippen LogP) is 1.77. The van der Waals surface area contributed by atoms with Crippen LogP contribution in [0.2, 0.25) is 0 Å². The SMILES string of the molecule is C[NH+]=CC(=C(N)c1ccncc1)c1cccc(NS(=O)(=O)c2c(F)cccc2F)c1. The van der Waals surface area contributed by atoms with Gasteiger partial charge in [0.1, 0.15) is 18.7 Å². The zero-order chi connectivity index (χ0) is 21.7. The van der Waals surface area contributed by atoms with E-state index in [9.17, 15) is 17.2 Å². The van der Waals surface area contributed by atoms with Gasteiger partial charge in [0.2, 0.25) is 0 Å². The number of nitrogens with one attached hydrogen (secondary N) is 2. The molecule has 0 atom stereocenters. The lowest BCUT2D eigenvalue weighted by Crippen LogP contribution is -2.63. The van der Waals surface area contributed by atoms with E-state index in [0.717, 1.165) is 23.8 Å². The Morgan fingerprint density at radius 1 is 1.03 bits per heavy atom. The van der Waals surface area contributed by atoms with Crippen molar-refractivity contribution in [1.82, 2.24) is 4.98 Å². The van der Waals surface area contributed by atoms with E-state index < -0.39 is 26.6 Å². The van der Waals surface area contributed by atoms with Crippen LogP contribution in [-0.4, -0.2) is 26.7 Å². The van der Waals surface area contributed by atoms with Crippen LogP contribution in [0, 0.1) is 11.6 Å². The highest BCUT2D eigenvalue weighted by molar-refractivity contribution is 7.92. The van der Waals surface area contributed by atoms with Gasteiger partial charge in [-0.25, -0.2) is 17.2 Å².